The van der Waals surface area contributed by atoms with E-state index in [4.69, 9.17) is 9.47 Å². The number of nitrogens with one attached hydrogen (secondary N) is 1. The van der Waals surface area contributed by atoms with Crippen molar-refractivity contribution in [2.75, 3.05) is 25.3 Å². The Kier molecular flexibility index (Phi) is 7.35. The average Bonchev–Trinajstić information content (AvgIpc) is 2.77. The Balaban J connectivity index is 1.79. The van der Waals surface area contributed by atoms with E-state index in [1.807, 2.05) is 18.2 Å². The minimum atomic E-state index is -0.215. The highest BCUT2D eigenvalue weighted by Crippen LogP contribution is 2.29. The molecule has 7 nitrogen and oxygen atoms in total. The van der Waals surface area contributed by atoms with Gasteiger partial charge in [0.05, 0.1) is 36.6 Å². The highest BCUT2D eigenvalue weighted by molar-refractivity contribution is 7.99. The molecule has 158 valence electrons. The number of hydrogen-bond donors (Lipinski definition) is 1. The maximum Gasteiger partial charge on any atom is 0.262 e. The van der Waals surface area contributed by atoms with E-state index in [0.717, 1.165) is 12.8 Å². The fourth-order valence-electron chi connectivity index (χ4n) is 2.99. The lowest BCUT2D eigenvalue weighted by Crippen LogP contribution is -2.24. The fraction of sp³-hybridized carbons (Fsp3) is 0.318. The molecule has 2 aromatic carbocycles. The second-order valence-electron chi connectivity index (χ2n) is 6.62. The number of nitrogens with zero attached hydrogens (tertiary/aromatic N) is 2. The van der Waals surface area contributed by atoms with Crippen LogP contribution in [0.25, 0.3) is 10.9 Å². The zero-order valence-corrected chi connectivity index (χ0v) is 18.1. The molecule has 0 fully saturated rings. The van der Waals surface area contributed by atoms with Gasteiger partial charge in [-0.15, -0.1) is 0 Å². The quantitative estimate of drug-likeness (QED) is 0.411. The van der Waals surface area contributed by atoms with Crippen LogP contribution in [0.1, 0.15) is 19.8 Å². The van der Waals surface area contributed by atoms with Gasteiger partial charge in [-0.25, -0.2) is 4.98 Å². The van der Waals surface area contributed by atoms with Crippen LogP contribution >= 0.6 is 11.8 Å². The van der Waals surface area contributed by atoms with Gasteiger partial charge in [-0.3, -0.25) is 14.2 Å². The molecule has 0 aliphatic heterocycles. The molecule has 0 unspecified atom stereocenters. The zero-order chi connectivity index (χ0) is 21.5. The molecule has 30 heavy (non-hydrogen) atoms. The predicted octanol–water partition coefficient (Wildman–Crippen LogP) is 3.94. The number of rotatable bonds is 9. The van der Waals surface area contributed by atoms with Crippen molar-refractivity contribution in [1.82, 2.24) is 9.55 Å². The molecule has 1 amide bonds. The maximum absolute atomic E-state index is 12.9. The summed E-state index contributed by atoms with van der Waals surface area (Å²) in [5, 5.41) is 3.98. The zero-order valence-electron chi connectivity index (χ0n) is 17.3. The van der Waals surface area contributed by atoms with Crippen molar-refractivity contribution < 1.29 is 14.3 Å². The number of hydrogen-bond acceptors (Lipinski definition) is 6. The molecule has 8 heteroatoms. The van der Waals surface area contributed by atoms with E-state index in [1.165, 1.54) is 18.9 Å². The summed E-state index contributed by atoms with van der Waals surface area (Å²) in [5.74, 6) is 1.05. The van der Waals surface area contributed by atoms with Gasteiger partial charge in [0, 0.05) is 12.6 Å². The van der Waals surface area contributed by atoms with Gasteiger partial charge in [0.15, 0.2) is 5.16 Å². The van der Waals surface area contributed by atoms with E-state index in [-0.39, 0.29) is 17.2 Å². The van der Waals surface area contributed by atoms with Crippen LogP contribution in [0.15, 0.2) is 52.4 Å². The number of para-hydroxylation sites is 1. The van der Waals surface area contributed by atoms with Crippen molar-refractivity contribution >= 4 is 34.3 Å². The van der Waals surface area contributed by atoms with Gasteiger partial charge >= 0.3 is 0 Å². The summed E-state index contributed by atoms with van der Waals surface area (Å²) >= 11 is 1.25. The third kappa shape index (κ3) is 4.94. The van der Waals surface area contributed by atoms with E-state index in [0.29, 0.717) is 39.8 Å². The molecule has 0 bridgehead atoms. The first-order valence-electron chi connectivity index (χ1n) is 9.71. The lowest BCUT2D eigenvalue weighted by Gasteiger charge is -2.14. The van der Waals surface area contributed by atoms with Crippen LogP contribution < -0.4 is 20.3 Å². The summed E-state index contributed by atoms with van der Waals surface area (Å²) in [5.41, 5.74) is 1.11. The van der Waals surface area contributed by atoms with Crippen LogP contribution in [0.2, 0.25) is 0 Å². The number of benzene rings is 2. The number of thioether (sulfide) groups is 1. The maximum atomic E-state index is 12.9. The molecule has 0 aliphatic carbocycles. The molecule has 0 saturated heterocycles. The molecule has 0 aliphatic rings. The number of unbranched alkanes of at least 4 members (excludes halogenated alkanes) is 1. The van der Waals surface area contributed by atoms with Crippen molar-refractivity contribution in [3.05, 3.63) is 52.8 Å². The Labute approximate surface area is 179 Å². The molecular formula is C22H25N3O4S. The van der Waals surface area contributed by atoms with Crippen LogP contribution in [0, 0.1) is 0 Å². The van der Waals surface area contributed by atoms with Crippen molar-refractivity contribution in [1.29, 1.82) is 0 Å². The van der Waals surface area contributed by atoms with Gasteiger partial charge in [0.25, 0.3) is 5.56 Å². The van der Waals surface area contributed by atoms with Crippen LogP contribution in [-0.2, 0) is 11.3 Å². The van der Waals surface area contributed by atoms with Crippen LogP contribution in [0.5, 0.6) is 11.5 Å². The van der Waals surface area contributed by atoms with Gasteiger partial charge in [0.1, 0.15) is 11.5 Å². The van der Waals surface area contributed by atoms with Crippen LogP contribution in [0.3, 0.4) is 0 Å². The molecule has 3 rings (SSSR count). The molecular weight excluding hydrogens is 402 g/mol. The van der Waals surface area contributed by atoms with E-state index in [2.05, 4.69) is 17.2 Å². The number of methoxy groups -OCH3 is 2. The Morgan fingerprint density at radius 1 is 1.17 bits per heavy atom. The molecule has 1 heterocycles. The van der Waals surface area contributed by atoms with E-state index in [9.17, 15) is 9.59 Å². The lowest BCUT2D eigenvalue weighted by molar-refractivity contribution is -0.113. The summed E-state index contributed by atoms with van der Waals surface area (Å²) < 4.78 is 12.2. The fourth-order valence-corrected chi connectivity index (χ4v) is 3.81. The summed E-state index contributed by atoms with van der Waals surface area (Å²) in [6.07, 6.45) is 1.82. The highest BCUT2D eigenvalue weighted by Gasteiger charge is 2.14. The largest absolute Gasteiger partial charge is 0.497 e. The topological polar surface area (TPSA) is 82.5 Å². The SMILES string of the molecule is CCCCn1c(SCC(=O)Nc2ccc(OC)cc2OC)nc2ccccc2c1=O. The number of aromatic nitrogens is 2. The molecule has 0 spiro atoms. The third-order valence-electron chi connectivity index (χ3n) is 4.58. The monoisotopic (exact) mass is 427 g/mol. The van der Waals surface area contributed by atoms with Crippen molar-refractivity contribution in [2.45, 2.75) is 31.5 Å². The van der Waals surface area contributed by atoms with Gasteiger partial charge < -0.3 is 14.8 Å². The second kappa shape index (κ2) is 10.2. The smallest absolute Gasteiger partial charge is 0.262 e. The molecule has 0 radical (unpaired) electrons. The van der Waals surface area contributed by atoms with Crippen molar-refractivity contribution in [2.24, 2.45) is 0 Å². The normalized spacial score (nSPS) is 10.8. The van der Waals surface area contributed by atoms with Crippen LogP contribution in [-0.4, -0.2) is 35.4 Å². The van der Waals surface area contributed by atoms with Crippen molar-refractivity contribution in [3.63, 3.8) is 0 Å². The number of ether oxygens (including phenoxy) is 2. The number of carbonyl (C=O) groups is 1. The molecule has 0 atom stereocenters. The lowest BCUT2D eigenvalue weighted by atomic mass is 10.2. The first-order valence-corrected chi connectivity index (χ1v) is 10.7. The first kappa shape index (κ1) is 21.7. The van der Waals surface area contributed by atoms with E-state index >= 15 is 0 Å². The molecule has 1 N–H and O–H groups in total. The van der Waals surface area contributed by atoms with Gasteiger partial charge in [-0.1, -0.05) is 37.2 Å². The summed E-state index contributed by atoms with van der Waals surface area (Å²) in [6, 6.07) is 12.5. The number of fused-ring (bicyclic) bond motifs is 1. The van der Waals surface area contributed by atoms with Gasteiger partial charge in [0.2, 0.25) is 5.91 Å². The Bertz CT molecular complexity index is 1100. The second-order valence-corrected chi connectivity index (χ2v) is 7.57. The molecule has 0 saturated carbocycles. The van der Waals surface area contributed by atoms with Gasteiger partial charge in [-0.05, 0) is 30.7 Å². The Morgan fingerprint density at radius 2 is 1.97 bits per heavy atom. The summed E-state index contributed by atoms with van der Waals surface area (Å²) in [4.78, 5) is 30.1. The summed E-state index contributed by atoms with van der Waals surface area (Å²) in [6.45, 7) is 2.64. The van der Waals surface area contributed by atoms with E-state index < -0.39 is 0 Å². The first-order chi connectivity index (χ1) is 14.6. The Morgan fingerprint density at radius 3 is 2.70 bits per heavy atom. The average molecular weight is 428 g/mol. The molecule has 1 aromatic heterocycles. The standard InChI is InChI=1S/C22H25N3O4S/c1-4-5-12-25-21(27)16-8-6-7-9-17(16)24-22(25)30-14-20(26)23-18-11-10-15(28-2)13-19(18)29-3/h6-11,13H,4-5,12,14H2,1-3H3,(H,23,26). The molecule has 3 aromatic rings. The number of carbonyl (C=O) groups excluding carboxylic acids is 1. The number of amides is 1. The summed E-state index contributed by atoms with van der Waals surface area (Å²) in [7, 11) is 3.10. The van der Waals surface area contributed by atoms with Gasteiger partial charge in [-0.2, -0.15) is 0 Å². The number of anilines is 1. The van der Waals surface area contributed by atoms with E-state index in [1.54, 1.807) is 35.9 Å². The third-order valence-corrected chi connectivity index (χ3v) is 5.55. The Hall–Kier alpha value is -3.00. The minimum Gasteiger partial charge on any atom is -0.497 e. The van der Waals surface area contributed by atoms with Crippen molar-refractivity contribution in [3.8, 4) is 11.5 Å². The highest BCUT2D eigenvalue weighted by atomic mass is 32.2. The van der Waals surface area contributed by atoms with Crippen LogP contribution in [0.4, 0.5) is 5.69 Å². The predicted molar refractivity (Wildman–Crippen MR) is 120 cm³/mol. The minimum absolute atomic E-state index is 0.0752.